The van der Waals surface area contributed by atoms with Crippen LogP contribution < -0.4 is 10.1 Å². The van der Waals surface area contributed by atoms with Gasteiger partial charge in [-0.15, -0.1) is 11.3 Å². The first kappa shape index (κ1) is 22.1. The molecule has 6 nitrogen and oxygen atoms in total. The highest BCUT2D eigenvalue weighted by Crippen LogP contribution is 2.29. The molecule has 2 aromatic rings. The molecule has 1 aliphatic heterocycles. The SMILES string of the molecule is CC(C)COc1ccc(NC(=O)Cc2ccc(S(=O)(=O)N3CCCC3)s2)cc1Cl. The fourth-order valence-corrected chi connectivity index (χ4v) is 6.22. The Bertz CT molecular complexity index is 967. The maximum absolute atomic E-state index is 12.6. The Morgan fingerprint density at radius 2 is 1.97 bits per heavy atom. The normalized spacial score (nSPS) is 15.0. The highest BCUT2D eigenvalue weighted by Gasteiger charge is 2.28. The minimum atomic E-state index is -3.45. The average Bonchev–Trinajstić information content (AvgIpc) is 3.33. The van der Waals surface area contributed by atoms with E-state index in [1.54, 1.807) is 30.3 Å². The molecule has 158 valence electrons. The van der Waals surface area contributed by atoms with Gasteiger partial charge in [0.25, 0.3) is 10.0 Å². The molecule has 0 spiro atoms. The predicted molar refractivity (Wildman–Crippen MR) is 116 cm³/mol. The highest BCUT2D eigenvalue weighted by atomic mass is 35.5. The number of carbonyl (C=O) groups is 1. The molecule has 0 saturated carbocycles. The Kier molecular flexibility index (Phi) is 7.21. The van der Waals surface area contributed by atoms with Crippen LogP contribution in [0.15, 0.2) is 34.5 Å². The molecule has 1 saturated heterocycles. The maximum Gasteiger partial charge on any atom is 0.252 e. The van der Waals surface area contributed by atoms with Gasteiger partial charge in [-0.25, -0.2) is 8.42 Å². The second-order valence-corrected chi connectivity index (χ2v) is 11.1. The minimum Gasteiger partial charge on any atom is -0.492 e. The number of thiophene rings is 1. The Morgan fingerprint density at radius 3 is 2.62 bits per heavy atom. The fraction of sp³-hybridized carbons (Fsp3) is 0.450. The summed E-state index contributed by atoms with van der Waals surface area (Å²) in [7, 11) is -3.45. The van der Waals surface area contributed by atoms with Crippen LogP contribution in [0.3, 0.4) is 0 Å². The van der Waals surface area contributed by atoms with Crippen LogP contribution in [0.2, 0.25) is 5.02 Å². The van der Waals surface area contributed by atoms with Gasteiger partial charge in [-0.1, -0.05) is 25.4 Å². The number of nitrogens with one attached hydrogen (secondary N) is 1. The van der Waals surface area contributed by atoms with Crippen LogP contribution in [0, 0.1) is 5.92 Å². The third-order valence-electron chi connectivity index (χ3n) is 4.42. The molecular weight excluding hydrogens is 432 g/mol. The molecule has 0 bridgehead atoms. The standard InChI is InChI=1S/C20H25ClN2O4S2/c1-14(2)13-27-18-7-5-15(11-17(18)21)22-19(24)12-16-6-8-20(28-16)29(25,26)23-9-3-4-10-23/h5-8,11,14H,3-4,9-10,12-13H2,1-2H3,(H,22,24). The number of hydrogen-bond acceptors (Lipinski definition) is 5. The molecular formula is C20H25ClN2O4S2. The van der Waals surface area contributed by atoms with Crippen molar-refractivity contribution in [3.8, 4) is 5.75 Å². The van der Waals surface area contributed by atoms with E-state index in [9.17, 15) is 13.2 Å². The largest absolute Gasteiger partial charge is 0.492 e. The van der Waals surface area contributed by atoms with Crippen molar-refractivity contribution in [1.29, 1.82) is 0 Å². The number of carbonyl (C=O) groups excluding carboxylic acids is 1. The summed E-state index contributed by atoms with van der Waals surface area (Å²) < 4.78 is 32.6. The molecule has 0 atom stereocenters. The Hall–Kier alpha value is -1.61. The number of anilines is 1. The number of nitrogens with zero attached hydrogens (tertiary/aromatic N) is 1. The Labute approximate surface area is 180 Å². The molecule has 1 amide bonds. The summed E-state index contributed by atoms with van der Waals surface area (Å²) in [5.74, 6) is 0.729. The number of halogens is 1. The lowest BCUT2D eigenvalue weighted by molar-refractivity contribution is -0.115. The number of rotatable bonds is 8. The summed E-state index contributed by atoms with van der Waals surface area (Å²) in [6.07, 6.45) is 1.89. The maximum atomic E-state index is 12.6. The molecule has 2 heterocycles. The molecule has 0 unspecified atom stereocenters. The first-order valence-electron chi connectivity index (χ1n) is 9.57. The predicted octanol–water partition coefficient (Wildman–Crippen LogP) is 4.40. The van der Waals surface area contributed by atoms with E-state index in [0.29, 0.717) is 47.0 Å². The number of ether oxygens (including phenoxy) is 1. The zero-order chi connectivity index (χ0) is 21.0. The smallest absolute Gasteiger partial charge is 0.252 e. The zero-order valence-electron chi connectivity index (χ0n) is 16.5. The average molecular weight is 457 g/mol. The van der Waals surface area contributed by atoms with Crippen LogP contribution >= 0.6 is 22.9 Å². The van der Waals surface area contributed by atoms with Crippen molar-refractivity contribution in [2.45, 2.75) is 37.3 Å². The van der Waals surface area contributed by atoms with Crippen molar-refractivity contribution >= 4 is 44.6 Å². The Balaban J connectivity index is 1.60. The number of amides is 1. The van der Waals surface area contributed by atoms with E-state index in [-0.39, 0.29) is 16.5 Å². The second-order valence-electron chi connectivity index (χ2n) is 7.41. The summed E-state index contributed by atoms with van der Waals surface area (Å²) in [5, 5.41) is 3.22. The van der Waals surface area contributed by atoms with Crippen LogP contribution in [-0.2, 0) is 21.2 Å². The van der Waals surface area contributed by atoms with E-state index < -0.39 is 10.0 Å². The summed E-state index contributed by atoms with van der Waals surface area (Å²) in [5.41, 5.74) is 0.568. The lowest BCUT2D eigenvalue weighted by atomic mass is 10.2. The fourth-order valence-electron chi connectivity index (χ4n) is 2.96. The first-order valence-corrected chi connectivity index (χ1v) is 12.2. The Morgan fingerprint density at radius 1 is 1.24 bits per heavy atom. The van der Waals surface area contributed by atoms with E-state index in [4.69, 9.17) is 16.3 Å². The molecule has 1 aliphatic rings. The third kappa shape index (κ3) is 5.72. The molecule has 0 radical (unpaired) electrons. The summed E-state index contributed by atoms with van der Waals surface area (Å²) in [6, 6.07) is 8.39. The van der Waals surface area contributed by atoms with E-state index in [2.05, 4.69) is 19.2 Å². The van der Waals surface area contributed by atoms with Crippen LogP contribution in [0.5, 0.6) is 5.75 Å². The van der Waals surface area contributed by atoms with Gasteiger partial charge in [-0.05, 0) is 49.1 Å². The molecule has 1 aromatic carbocycles. The minimum absolute atomic E-state index is 0.101. The van der Waals surface area contributed by atoms with E-state index in [1.165, 1.54) is 4.31 Å². The van der Waals surface area contributed by atoms with Crippen molar-refractivity contribution in [2.75, 3.05) is 25.0 Å². The number of sulfonamides is 1. The van der Waals surface area contributed by atoms with Gasteiger partial charge in [-0.3, -0.25) is 4.79 Å². The van der Waals surface area contributed by atoms with E-state index >= 15 is 0 Å². The lowest BCUT2D eigenvalue weighted by Gasteiger charge is -2.13. The monoisotopic (exact) mass is 456 g/mol. The van der Waals surface area contributed by atoms with Crippen molar-refractivity contribution in [3.05, 3.63) is 40.2 Å². The van der Waals surface area contributed by atoms with Crippen LogP contribution in [0.1, 0.15) is 31.6 Å². The van der Waals surface area contributed by atoms with Crippen molar-refractivity contribution < 1.29 is 17.9 Å². The molecule has 9 heteroatoms. The molecule has 1 aromatic heterocycles. The van der Waals surface area contributed by atoms with Crippen LogP contribution in [0.4, 0.5) is 5.69 Å². The van der Waals surface area contributed by atoms with Crippen molar-refractivity contribution in [3.63, 3.8) is 0 Å². The van der Waals surface area contributed by atoms with Crippen LogP contribution in [0.25, 0.3) is 0 Å². The van der Waals surface area contributed by atoms with Gasteiger partial charge in [0.2, 0.25) is 5.91 Å². The number of hydrogen-bond donors (Lipinski definition) is 1. The van der Waals surface area contributed by atoms with Crippen LogP contribution in [-0.4, -0.2) is 38.3 Å². The molecule has 0 aliphatic carbocycles. The van der Waals surface area contributed by atoms with E-state index in [0.717, 1.165) is 24.2 Å². The summed E-state index contributed by atoms with van der Waals surface area (Å²) in [4.78, 5) is 13.1. The summed E-state index contributed by atoms with van der Waals surface area (Å²) >= 11 is 7.37. The molecule has 1 N–H and O–H groups in total. The van der Waals surface area contributed by atoms with Gasteiger partial charge in [0.1, 0.15) is 9.96 Å². The lowest BCUT2D eigenvalue weighted by Crippen LogP contribution is -2.27. The zero-order valence-corrected chi connectivity index (χ0v) is 18.9. The number of benzene rings is 1. The topological polar surface area (TPSA) is 75.7 Å². The highest BCUT2D eigenvalue weighted by molar-refractivity contribution is 7.91. The van der Waals surface area contributed by atoms with Crippen molar-refractivity contribution in [1.82, 2.24) is 4.31 Å². The van der Waals surface area contributed by atoms with Gasteiger partial charge < -0.3 is 10.1 Å². The summed E-state index contributed by atoms with van der Waals surface area (Å²) in [6.45, 7) is 5.79. The van der Waals surface area contributed by atoms with Gasteiger partial charge in [-0.2, -0.15) is 4.31 Å². The molecule has 29 heavy (non-hydrogen) atoms. The molecule has 3 rings (SSSR count). The van der Waals surface area contributed by atoms with Gasteiger partial charge in [0, 0.05) is 23.7 Å². The van der Waals surface area contributed by atoms with E-state index in [1.807, 2.05) is 0 Å². The van der Waals surface area contributed by atoms with Gasteiger partial charge in [0.15, 0.2) is 0 Å². The van der Waals surface area contributed by atoms with Gasteiger partial charge >= 0.3 is 0 Å². The third-order valence-corrected chi connectivity index (χ3v) is 8.17. The van der Waals surface area contributed by atoms with Gasteiger partial charge in [0.05, 0.1) is 18.1 Å². The molecule has 1 fully saturated rings. The second kappa shape index (κ2) is 9.47. The quantitative estimate of drug-likeness (QED) is 0.638. The van der Waals surface area contributed by atoms with Crippen molar-refractivity contribution in [2.24, 2.45) is 5.92 Å². The first-order chi connectivity index (χ1) is 13.8.